The van der Waals surface area contributed by atoms with Crippen LogP contribution in [-0.2, 0) is 16.0 Å². The highest BCUT2D eigenvalue weighted by Gasteiger charge is 2.21. The summed E-state index contributed by atoms with van der Waals surface area (Å²) in [6, 6.07) is 4.62. The van der Waals surface area contributed by atoms with Crippen LogP contribution in [0.4, 0.5) is 4.39 Å². The molecule has 0 amide bonds. The molecular weight excluding hydrogens is 261 g/mol. The Balaban J connectivity index is 2.78. The summed E-state index contributed by atoms with van der Waals surface area (Å²) in [5.74, 6) is -0.918. The van der Waals surface area contributed by atoms with Gasteiger partial charge in [-0.1, -0.05) is 13.0 Å². The smallest absolute Gasteiger partial charge is 0.347 e. The average Bonchev–Trinajstić information content (AvgIpc) is 2.37. The van der Waals surface area contributed by atoms with Gasteiger partial charge in [-0.25, -0.2) is 9.18 Å². The summed E-state index contributed by atoms with van der Waals surface area (Å²) < 4.78 is 24.2. The van der Waals surface area contributed by atoms with Gasteiger partial charge in [-0.3, -0.25) is 0 Å². The maximum absolute atomic E-state index is 13.9. The van der Waals surface area contributed by atoms with Crippen LogP contribution in [0.2, 0.25) is 0 Å². The number of halogens is 1. The van der Waals surface area contributed by atoms with Crippen molar-refractivity contribution in [1.82, 2.24) is 0 Å². The van der Waals surface area contributed by atoms with Gasteiger partial charge in [-0.15, -0.1) is 0 Å². The summed E-state index contributed by atoms with van der Waals surface area (Å²) in [5.41, 5.74) is 6.47. The van der Waals surface area contributed by atoms with Crippen LogP contribution in [0.25, 0.3) is 0 Å². The van der Waals surface area contributed by atoms with E-state index in [1.807, 2.05) is 6.92 Å². The van der Waals surface area contributed by atoms with Gasteiger partial charge in [0.05, 0.1) is 6.61 Å². The fraction of sp³-hybridized carbons (Fsp3) is 0.533. The number of carbonyl (C=O) groups is 1. The third kappa shape index (κ3) is 4.81. The molecule has 2 N–H and O–H groups in total. The van der Waals surface area contributed by atoms with Crippen LogP contribution >= 0.6 is 0 Å². The Kier molecular flexibility index (Phi) is 6.45. The van der Waals surface area contributed by atoms with E-state index in [-0.39, 0.29) is 18.4 Å². The molecule has 0 aliphatic carbocycles. The number of ether oxygens (including phenoxy) is 2. The fourth-order valence-electron chi connectivity index (χ4n) is 1.83. The zero-order valence-corrected chi connectivity index (χ0v) is 12.2. The number of hydrogen-bond donors (Lipinski definition) is 1. The lowest BCUT2D eigenvalue weighted by molar-refractivity contribution is -0.151. The van der Waals surface area contributed by atoms with Crippen molar-refractivity contribution in [3.8, 4) is 5.75 Å². The first-order chi connectivity index (χ1) is 9.47. The minimum absolute atomic E-state index is 0.0379. The van der Waals surface area contributed by atoms with E-state index < -0.39 is 17.9 Å². The average molecular weight is 283 g/mol. The van der Waals surface area contributed by atoms with Gasteiger partial charge in [0.2, 0.25) is 0 Å². The monoisotopic (exact) mass is 283 g/mol. The Morgan fingerprint density at radius 2 is 2.10 bits per heavy atom. The van der Waals surface area contributed by atoms with E-state index in [2.05, 4.69) is 0 Å². The van der Waals surface area contributed by atoms with Crippen LogP contribution in [0.5, 0.6) is 5.75 Å². The van der Waals surface area contributed by atoms with E-state index in [4.69, 9.17) is 15.2 Å². The lowest BCUT2D eigenvalue weighted by atomic mass is 10.1. The molecule has 1 aromatic carbocycles. The molecule has 0 aromatic heterocycles. The molecule has 112 valence electrons. The molecule has 0 heterocycles. The topological polar surface area (TPSA) is 61.5 Å². The second-order valence-corrected chi connectivity index (χ2v) is 4.71. The Morgan fingerprint density at radius 3 is 2.60 bits per heavy atom. The van der Waals surface area contributed by atoms with E-state index in [1.54, 1.807) is 19.9 Å². The van der Waals surface area contributed by atoms with Gasteiger partial charge in [-0.2, -0.15) is 0 Å². The number of benzene rings is 1. The summed E-state index contributed by atoms with van der Waals surface area (Å²) in [5, 5.41) is 0. The lowest BCUT2D eigenvalue weighted by Gasteiger charge is -2.17. The highest BCUT2D eigenvalue weighted by Crippen LogP contribution is 2.21. The molecule has 2 unspecified atom stereocenters. The number of hydrogen-bond acceptors (Lipinski definition) is 4. The van der Waals surface area contributed by atoms with Crippen LogP contribution in [-0.4, -0.2) is 24.7 Å². The highest BCUT2D eigenvalue weighted by molar-refractivity contribution is 5.75. The molecule has 0 aliphatic rings. The van der Waals surface area contributed by atoms with Crippen molar-refractivity contribution in [2.45, 2.75) is 45.8 Å². The second-order valence-electron chi connectivity index (χ2n) is 4.71. The van der Waals surface area contributed by atoms with Crippen molar-refractivity contribution < 1.29 is 18.7 Å². The predicted octanol–water partition coefficient (Wildman–Crippen LogP) is 2.44. The van der Waals surface area contributed by atoms with Gasteiger partial charge < -0.3 is 15.2 Å². The van der Waals surface area contributed by atoms with E-state index in [9.17, 15) is 9.18 Å². The predicted molar refractivity (Wildman–Crippen MR) is 75.1 cm³/mol. The van der Waals surface area contributed by atoms with Crippen molar-refractivity contribution in [3.05, 3.63) is 29.6 Å². The van der Waals surface area contributed by atoms with Crippen molar-refractivity contribution in [2.24, 2.45) is 5.73 Å². The molecule has 5 heteroatoms. The van der Waals surface area contributed by atoms with Crippen LogP contribution in [0, 0.1) is 5.82 Å². The van der Waals surface area contributed by atoms with Gasteiger partial charge in [0.15, 0.2) is 17.7 Å². The Labute approximate surface area is 119 Å². The molecule has 0 spiro atoms. The van der Waals surface area contributed by atoms with Crippen LogP contribution in [0.1, 0.15) is 32.8 Å². The maximum Gasteiger partial charge on any atom is 0.347 e. The Bertz CT molecular complexity index is 449. The first kappa shape index (κ1) is 16.4. The zero-order chi connectivity index (χ0) is 15.1. The molecule has 0 radical (unpaired) electrons. The van der Waals surface area contributed by atoms with Crippen molar-refractivity contribution in [2.75, 3.05) is 6.61 Å². The van der Waals surface area contributed by atoms with Crippen molar-refractivity contribution >= 4 is 5.97 Å². The molecule has 20 heavy (non-hydrogen) atoms. The quantitative estimate of drug-likeness (QED) is 0.781. The summed E-state index contributed by atoms with van der Waals surface area (Å²) in [6.07, 6.45) is 0.218. The molecule has 0 saturated carbocycles. The highest BCUT2D eigenvalue weighted by atomic mass is 19.1. The van der Waals surface area contributed by atoms with Gasteiger partial charge in [0, 0.05) is 6.04 Å². The summed E-state index contributed by atoms with van der Waals surface area (Å²) in [6.45, 7) is 5.63. The fourth-order valence-corrected chi connectivity index (χ4v) is 1.83. The molecule has 1 rings (SSSR count). The summed E-state index contributed by atoms with van der Waals surface area (Å²) in [7, 11) is 0. The van der Waals surface area contributed by atoms with Crippen molar-refractivity contribution in [3.63, 3.8) is 0 Å². The molecular formula is C15H22FNO3. The molecule has 0 bridgehead atoms. The van der Waals surface area contributed by atoms with Gasteiger partial charge in [0.25, 0.3) is 0 Å². The SMILES string of the molecule is CCOC(=O)C(CC)Oc1ccc(CC(C)N)cc1F. The number of nitrogens with two attached hydrogens (primary N) is 1. The first-order valence-corrected chi connectivity index (χ1v) is 6.85. The molecule has 2 atom stereocenters. The summed E-state index contributed by atoms with van der Waals surface area (Å²) >= 11 is 0. The van der Waals surface area contributed by atoms with Gasteiger partial charge >= 0.3 is 5.97 Å². The third-order valence-corrected chi connectivity index (χ3v) is 2.74. The lowest BCUT2D eigenvalue weighted by Crippen LogP contribution is -2.29. The van der Waals surface area contributed by atoms with Gasteiger partial charge in [-0.05, 0) is 44.4 Å². The van der Waals surface area contributed by atoms with Crippen molar-refractivity contribution in [1.29, 1.82) is 0 Å². The number of esters is 1. The van der Waals surface area contributed by atoms with E-state index in [0.717, 1.165) is 5.56 Å². The largest absolute Gasteiger partial charge is 0.476 e. The minimum atomic E-state index is -0.788. The first-order valence-electron chi connectivity index (χ1n) is 6.85. The number of rotatable bonds is 7. The Hall–Kier alpha value is -1.62. The third-order valence-electron chi connectivity index (χ3n) is 2.74. The normalized spacial score (nSPS) is 13.7. The molecule has 0 fully saturated rings. The van der Waals surface area contributed by atoms with Crippen LogP contribution < -0.4 is 10.5 Å². The molecule has 4 nitrogen and oxygen atoms in total. The molecule has 1 aromatic rings. The van der Waals surface area contributed by atoms with E-state index in [1.165, 1.54) is 12.1 Å². The van der Waals surface area contributed by atoms with Crippen LogP contribution in [0.15, 0.2) is 18.2 Å². The zero-order valence-electron chi connectivity index (χ0n) is 12.2. The summed E-state index contributed by atoms with van der Waals surface area (Å²) in [4.78, 5) is 11.6. The number of carbonyl (C=O) groups excluding carboxylic acids is 1. The van der Waals surface area contributed by atoms with Gasteiger partial charge in [0.1, 0.15) is 0 Å². The van der Waals surface area contributed by atoms with Crippen LogP contribution in [0.3, 0.4) is 0 Å². The second kappa shape index (κ2) is 7.85. The Morgan fingerprint density at radius 1 is 1.40 bits per heavy atom. The standard InChI is InChI=1S/C15H22FNO3/c1-4-13(15(18)19-5-2)20-14-7-6-11(8-10(3)17)9-12(14)16/h6-7,9-10,13H,4-5,8,17H2,1-3H3. The van der Waals surface area contributed by atoms with E-state index >= 15 is 0 Å². The molecule has 0 saturated heterocycles. The molecule has 0 aliphatic heterocycles. The van der Waals surface area contributed by atoms with E-state index in [0.29, 0.717) is 12.8 Å². The minimum Gasteiger partial charge on any atom is -0.476 e. The maximum atomic E-state index is 13.9.